The molecule has 1 amide bonds. The largest absolute Gasteiger partial charge is 0.497 e. The number of carboxylic acids is 1. The fourth-order valence-corrected chi connectivity index (χ4v) is 7.00. The third kappa shape index (κ3) is 10.8. The lowest BCUT2D eigenvalue weighted by Gasteiger charge is -2.37. The smallest absolute Gasteiger partial charge is 0.306 e. The summed E-state index contributed by atoms with van der Waals surface area (Å²) in [6.07, 6.45) is -6.42. The van der Waals surface area contributed by atoms with E-state index in [2.05, 4.69) is 45.9 Å². The number of carboxylic acid groups (broad SMARTS) is 1. The molecular formula is C45H55FN6O10. The van der Waals surface area contributed by atoms with E-state index in [1.54, 1.807) is 52.3 Å². The average molecular weight is 859 g/mol. The summed E-state index contributed by atoms with van der Waals surface area (Å²) in [5, 5.41) is 11.7. The number of aliphatic carboxylic acids is 1. The standard InChI is InChI=1S/C39H40FN5O10.C6H15N/c1-22(2)35(49)43-38-42-34-32(36(50)44-38)41-21-45(34)37-31(40)33(55-30(48)19-18-29(46)47)28(54-37)20-53-39(23-8-6-5-7-9-23,24-10-14-26(51-3)15-11-24)25-12-16-27(52-4)17-13-25;1-4-7(5-2)6-3/h5-17,21-22,28,31,33,37H,18-20H2,1-4H3,(H,46,47)(H2,42,43,44,49,50);4-6H2,1-3H3/t28-,31?,33+,37-;/m1./s1. The topological polar surface area (TPSA) is 196 Å². The van der Waals surface area contributed by atoms with Crippen molar-refractivity contribution in [2.75, 3.05) is 45.8 Å². The van der Waals surface area contributed by atoms with Crippen molar-refractivity contribution in [2.45, 2.75) is 77.7 Å². The van der Waals surface area contributed by atoms with Gasteiger partial charge in [0.25, 0.3) is 5.56 Å². The highest BCUT2D eigenvalue weighted by Gasteiger charge is 2.51. The van der Waals surface area contributed by atoms with Gasteiger partial charge >= 0.3 is 11.9 Å². The van der Waals surface area contributed by atoms with Gasteiger partial charge in [0.05, 0.1) is 40.0 Å². The lowest BCUT2D eigenvalue weighted by Crippen LogP contribution is -2.41. The number of benzene rings is 3. The number of rotatable bonds is 18. The summed E-state index contributed by atoms with van der Waals surface area (Å²) in [5.41, 5.74) is -0.272. The molecule has 1 aliphatic heterocycles. The second kappa shape index (κ2) is 21.6. The van der Waals surface area contributed by atoms with Gasteiger partial charge in [-0.3, -0.25) is 34.0 Å². The lowest BCUT2D eigenvalue weighted by molar-refractivity contribution is -0.159. The number of carbonyl (C=O) groups is 3. The molecule has 1 aliphatic rings. The van der Waals surface area contributed by atoms with Crippen molar-refractivity contribution in [3.8, 4) is 11.5 Å². The van der Waals surface area contributed by atoms with Gasteiger partial charge in [0, 0.05) is 5.92 Å². The van der Waals surface area contributed by atoms with Gasteiger partial charge in [-0.1, -0.05) is 89.2 Å². The van der Waals surface area contributed by atoms with Gasteiger partial charge in [-0.05, 0) is 60.6 Å². The zero-order chi connectivity index (χ0) is 45.0. The van der Waals surface area contributed by atoms with Gasteiger partial charge in [-0.15, -0.1) is 0 Å². The van der Waals surface area contributed by atoms with Gasteiger partial charge in [0.15, 0.2) is 29.7 Å². The molecule has 0 bridgehead atoms. The zero-order valence-electron chi connectivity index (χ0n) is 36.0. The molecule has 5 aromatic rings. The molecule has 3 aromatic carbocycles. The maximum Gasteiger partial charge on any atom is 0.306 e. The van der Waals surface area contributed by atoms with E-state index < -0.39 is 72.4 Å². The molecule has 62 heavy (non-hydrogen) atoms. The molecule has 0 spiro atoms. The second-order valence-corrected chi connectivity index (χ2v) is 14.7. The summed E-state index contributed by atoms with van der Waals surface area (Å²) in [6.45, 7) is 13.1. The molecule has 4 atom stereocenters. The Balaban J connectivity index is 0.000000955. The first-order valence-corrected chi connectivity index (χ1v) is 20.5. The van der Waals surface area contributed by atoms with Crippen LogP contribution in [0.2, 0.25) is 0 Å². The third-order valence-corrected chi connectivity index (χ3v) is 10.5. The number of fused-ring (bicyclic) bond motifs is 1. The Morgan fingerprint density at radius 2 is 1.47 bits per heavy atom. The van der Waals surface area contributed by atoms with E-state index in [0.29, 0.717) is 28.2 Å². The quantitative estimate of drug-likeness (QED) is 0.0676. The van der Waals surface area contributed by atoms with E-state index in [4.69, 9.17) is 23.7 Å². The Bertz CT molecular complexity index is 2250. The van der Waals surface area contributed by atoms with E-state index in [-0.39, 0.29) is 23.7 Å². The number of hydrogen-bond donors (Lipinski definition) is 3. The first kappa shape index (κ1) is 46.9. The number of halogens is 1. The molecule has 2 aromatic heterocycles. The highest BCUT2D eigenvalue weighted by Crippen LogP contribution is 2.43. The van der Waals surface area contributed by atoms with Crippen molar-refractivity contribution in [3.05, 3.63) is 112 Å². The Morgan fingerprint density at radius 1 is 0.903 bits per heavy atom. The number of ether oxygens (including phenoxy) is 5. The van der Waals surface area contributed by atoms with E-state index >= 15 is 4.39 Å². The fourth-order valence-electron chi connectivity index (χ4n) is 7.00. The van der Waals surface area contributed by atoms with Crippen molar-refractivity contribution >= 4 is 35.0 Å². The van der Waals surface area contributed by atoms with E-state index in [9.17, 15) is 24.3 Å². The Morgan fingerprint density at radius 3 is 1.97 bits per heavy atom. The minimum absolute atomic E-state index is 0.108. The monoisotopic (exact) mass is 858 g/mol. The van der Waals surface area contributed by atoms with Crippen LogP contribution in [-0.4, -0.2) is 106 Å². The number of H-pyrrole nitrogens is 1. The maximum absolute atomic E-state index is 16.8. The highest BCUT2D eigenvalue weighted by molar-refractivity contribution is 5.91. The summed E-state index contributed by atoms with van der Waals surface area (Å²) in [5.74, 6) is -2.04. The number of hydrogen-bond acceptors (Lipinski definition) is 12. The molecule has 0 radical (unpaired) electrons. The molecule has 3 N–H and O–H groups in total. The molecule has 1 fully saturated rings. The van der Waals surface area contributed by atoms with Crippen LogP contribution < -0.4 is 20.3 Å². The lowest BCUT2D eigenvalue weighted by atomic mass is 9.80. The minimum atomic E-state index is -2.08. The normalized spacial score (nSPS) is 17.4. The predicted octanol–water partition coefficient (Wildman–Crippen LogP) is 6.10. The molecule has 1 saturated heterocycles. The average Bonchev–Trinajstić information content (AvgIpc) is 3.84. The van der Waals surface area contributed by atoms with E-state index in [0.717, 1.165) is 6.33 Å². The van der Waals surface area contributed by atoms with Crippen LogP contribution in [0, 0.1) is 5.92 Å². The Labute approximate surface area is 359 Å². The number of alkyl halides is 1. The molecule has 17 heteroatoms. The fraction of sp³-hybridized carbons (Fsp3) is 0.422. The number of nitrogens with one attached hydrogen (secondary N) is 2. The number of aromatic amines is 1. The number of imidazole rings is 1. The summed E-state index contributed by atoms with van der Waals surface area (Å²) in [4.78, 5) is 62.8. The minimum Gasteiger partial charge on any atom is -0.497 e. The summed E-state index contributed by atoms with van der Waals surface area (Å²) >= 11 is 0. The van der Waals surface area contributed by atoms with Crippen LogP contribution in [0.25, 0.3) is 11.2 Å². The number of esters is 1. The Hall–Kier alpha value is -6.17. The first-order chi connectivity index (χ1) is 29.8. The summed E-state index contributed by atoms with van der Waals surface area (Å²) in [6, 6.07) is 23.8. The molecule has 1 unspecified atom stereocenters. The molecule has 0 aliphatic carbocycles. The van der Waals surface area contributed by atoms with Crippen molar-refractivity contribution < 1.29 is 47.6 Å². The Kier molecular flexibility index (Phi) is 16.3. The summed E-state index contributed by atoms with van der Waals surface area (Å²) < 4.78 is 47.6. The summed E-state index contributed by atoms with van der Waals surface area (Å²) in [7, 11) is 3.10. The van der Waals surface area contributed by atoms with Crippen molar-refractivity contribution in [2.24, 2.45) is 5.92 Å². The number of amides is 1. The van der Waals surface area contributed by atoms with Crippen LogP contribution in [0.1, 0.15) is 70.4 Å². The van der Waals surface area contributed by atoms with Crippen LogP contribution in [0.4, 0.5) is 10.3 Å². The first-order valence-electron chi connectivity index (χ1n) is 20.5. The van der Waals surface area contributed by atoms with E-state index in [1.165, 1.54) is 24.2 Å². The number of carbonyl (C=O) groups excluding carboxylic acids is 2. The van der Waals surface area contributed by atoms with Crippen LogP contribution in [0.3, 0.4) is 0 Å². The van der Waals surface area contributed by atoms with Gasteiger partial charge in [0.2, 0.25) is 11.9 Å². The van der Waals surface area contributed by atoms with Crippen LogP contribution in [-0.2, 0) is 34.2 Å². The predicted molar refractivity (Wildman–Crippen MR) is 229 cm³/mol. The third-order valence-electron chi connectivity index (χ3n) is 10.5. The van der Waals surface area contributed by atoms with Crippen LogP contribution in [0.5, 0.6) is 11.5 Å². The molecular weight excluding hydrogens is 804 g/mol. The number of nitrogens with zero attached hydrogens (tertiary/aromatic N) is 4. The van der Waals surface area contributed by atoms with Crippen molar-refractivity contribution in [3.63, 3.8) is 0 Å². The number of anilines is 1. The molecule has 3 heterocycles. The number of methoxy groups -OCH3 is 2. The zero-order valence-corrected chi connectivity index (χ0v) is 36.0. The van der Waals surface area contributed by atoms with Gasteiger partial charge in [0.1, 0.15) is 23.2 Å². The molecule has 332 valence electrons. The van der Waals surface area contributed by atoms with Gasteiger partial charge in [-0.2, -0.15) is 4.98 Å². The van der Waals surface area contributed by atoms with Crippen LogP contribution in [0.15, 0.2) is 90.0 Å². The van der Waals surface area contributed by atoms with E-state index in [1.807, 2.05) is 54.6 Å². The molecule has 6 rings (SSSR count). The van der Waals surface area contributed by atoms with Gasteiger partial charge < -0.3 is 33.7 Å². The molecule has 16 nitrogen and oxygen atoms in total. The van der Waals surface area contributed by atoms with Crippen molar-refractivity contribution in [1.82, 2.24) is 24.4 Å². The maximum atomic E-state index is 16.8. The number of aromatic nitrogens is 4. The van der Waals surface area contributed by atoms with Crippen LogP contribution >= 0.6 is 0 Å². The van der Waals surface area contributed by atoms with Gasteiger partial charge in [-0.25, -0.2) is 9.37 Å². The SMILES string of the molecule is CCN(CC)CC.COc1ccc(C(OC[C@H]2O[C@@H](n3cnc4c(=O)[nH]c(NC(=O)C(C)C)nc43)C(F)[C@H]2OC(=O)CCC(=O)O)(c2ccccc2)c2ccc(OC)cc2)cc1. The van der Waals surface area contributed by atoms with Crippen molar-refractivity contribution in [1.29, 1.82) is 0 Å². The highest BCUT2D eigenvalue weighted by atomic mass is 19.1. The molecule has 0 saturated carbocycles. The second-order valence-electron chi connectivity index (χ2n) is 14.7.